The summed E-state index contributed by atoms with van der Waals surface area (Å²) in [5.74, 6) is 0.271. The molecule has 2 heteroatoms. The van der Waals surface area contributed by atoms with Crippen molar-refractivity contribution in [2.45, 2.75) is 52.4 Å². The molecule has 0 radical (unpaired) electrons. The van der Waals surface area contributed by atoms with Crippen LogP contribution in [0.15, 0.2) is 0 Å². The Hall–Kier alpha value is -0.660. The maximum absolute atomic E-state index is 11.7. The van der Waals surface area contributed by atoms with Gasteiger partial charge in [-0.2, -0.15) is 0 Å². The molecule has 1 atom stereocenters. The summed E-state index contributed by atoms with van der Waals surface area (Å²) in [4.78, 5) is 23.2. The van der Waals surface area contributed by atoms with E-state index in [-0.39, 0.29) is 11.6 Å². The van der Waals surface area contributed by atoms with Crippen molar-refractivity contribution < 1.29 is 9.59 Å². The molecule has 1 fully saturated rings. The fourth-order valence-electron chi connectivity index (χ4n) is 2.33. The molecule has 1 saturated carbocycles. The summed E-state index contributed by atoms with van der Waals surface area (Å²) >= 11 is 0. The van der Waals surface area contributed by atoms with Crippen molar-refractivity contribution in [3.05, 3.63) is 0 Å². The fraction of sp³-hybridized carbons (Fsp3) is 0.818. The highest BCUT2D eigenvalue weighted by Gasteiger charge is 2.42. The monoisotopic (exact) mass is 182 g/mol. The standard InChI is InChI=1S/C11H18O2/c1-3-7-11(9(2)12)8-5-4-6-10(11)13/h3-8H2,1-2H3. The van der Waals surface area contributed by atoms with Crippen molar-refractivity contribution in [3.63, 3.8) is 0 Å². The van der Waals surface area contributed by atoms with E-state index in [9.17, 15) is 9.59 Å². The molecule has 0 spiro atoms. The number of rotatable bonds is 3. The third-order valence-electron chi connectivity index (χ3n) is 3.14. The molecule has 0 aromatic rings. The molecule has 13 heavy (non-hydrogen) atoms. The van der Waals surface area contributed by atoms with E-state index in [0.29, 0.717) is 6.42 Å². The average molecular weight is 182 g/mol. The van der Waals surface area contributed by atoms with E-state index in [0.717, 1.165) is 32.1 Å². The minimum atomic E-state index is -0.590. The van der Waals surface area contributed by atoms with Gasteiger partial charge in [-0.15, -0.1) is 0 Å². The van der Waals surface area contributed by atoms with Gasteiger partial charge in [-0.3, -0.25) is 9.59 Å². The van der Waals surface area contributed by atoms with Crippen LogP contribution >= 0.6 is 0 Å². The average Bonchev–Trinajstić information content (AvgIpc) is 2.09. The second-order valence-corrected chi connectivity index (χ2v) is 4.02. The first-order chi connectivity index (χ1) is 6.13. The number of carbonyl (C=O) groups is 2. The molecule has 1 unspecified atom stereocenters. The maximum atomic E-state index is 11.7. The molecule has 74 valence electrons. The van der Waals surface area contributed by atoms with Crippen molar-refractivity contribution in [2.24, 2.45) is 5.41 Å². The molecule has 0 amide bonds. The smallest absolute Gasteiger partial charge is 0.146 e. The van der Waals surface area contributed by atoms with Crippen molar-refractivity contribution >= 4 is 11.6 Å². The molecule has 0 bridgehead atoms. The van der Waals surface area contributed by atoms with Gasteiger partial charge in [0.1, 0.15) is 11.6 Å². The number of Topliss-reactive ketones (excluding diaryl/α,β-unsaturated/α-hetero) is 2. The molecule has 0 aromatic carbocycles. The first-order valence-electron chi connectivity index (χ1n) is 5.18. The van der Waals surface area contributed by atoms with Crippen molar-refractivity contribution in [2.75, 3.05) is 0 Å². The number of ketones is 2. The predicted octanol–water partition coefficient (Wildman–Crippen LogP) is 2.51. The molecule has 1 aliphatic rings. The van der Waals surface area contributed by atoms with Crippen LogP contribution in [-0.2, 0) is 9.59 Å². The summed E-state index contributed by atoms with van der Waals surface area (Å²) in [6, 6.07) is 0. The zero-order chi connectivity index (χ0) is 9.90. The Balaban J connectivity index is 2.86. The van der Waals surface area contributed by atoms with Crippen LogP contribution in [0.25, 0.3) is 0 Å². The quantitative estimate of drug-likeness (QED) is 0.628. The van der Waals surface area contributed by atoms with Crippen LogP contribution in [0.4, 0.5) is 0 Å². The summed E-state index contributed by atoms with van der Waals surface area (Å²) in [7, 11) is 0. The lowest BCUT2D eigenvalue weighted by Crippen LogP contribution is -2.40. The number of hydrogen-bond donors (Lipinski definition) is 0. The summed E-state index contributed by atoms with van der Waals surface area (Å²) in [5.41, 5.74) is -0.590. The lowest BCUT2D eigenvalue weighted by atomic mass is 9.68. The minimum Gasteiger partial charge on any atom is -0.299 e. The van der Waals surface area contributed by atoms with E-state index in [4.69, 9.17) is 0 Å². The molecule has 0 heterocycles. The minimum absolute atomic E-state index is 0.0825. The van der Waals surface area contributed by atoms with Gasteiger partial charge in [0.2, 0.25) is 0 Å². The third-order valence-corrected chi connectivity index (χ3v) is 3.14. The number of carbonyl (C=O) groups excluding carboxylic acids is 2. The fourth-order valence-corrected chi connectivity index (χ4v) is 2.33. The SMILES string of the molecule is CCCC1(C(C)=O)CCCCC1=O. The van der Waals surface area contributed by atoms with Crippen LogP contribution in [0, 0.1) is 5.41 Å². The van der Waals surface area contributed by atoms with Crippen LogP contribution in [0.2, 0.25) is 0 Å². The van der Waals surface area contributed by atoms with Crippen molar-refractivity contribution in [1.82, 2.24) is 0 Å². The Bertz CT molecular complexity index is 216. The molecular weight excluding hydrogens is 164 g/mol. The van der Waals surface area contributed by atoms with Crippen LogP contribution in [0.5, 0.6) is 0 Å². The van der Waals surface area contributed by atoms with Crippen LogP contribution in [0.3, 0.4) is 0 Å². The van der Waals surface area contributed by atoms with Gasteiger partial charge < -0.3 is 0 Å². The maximum Gasteiger partial charge on any atom is 0.146 e. The van der Waals surface area contributed by atoms with E-state index in [1.807, 2.05) is 6.92 Å². The lowest BCUT2D eigenvalue weighted by Gasteiger charge is -2.33. The zero-order valence-corrected chi connectivity index (χ0v) is 8.56. The Morgan fingerprint density at radius 3 is 2.62 bits per heavy atom. The molecular formula is C11H18O2. The second kappa shape index (κ2) is 4.03. The highest BCUT2D eigenvalue weighted by molar-refractivity contribution is 6.06. The summed E-state index contributed by atoms with van der Waals surface area (Å²) in [5, 5.41) is 0. The Morgan fingerprint density at radius 2 is 2.15 bits per heavy atom. The molecule has 1 rings (SSSR count). The van der Waals surface area contributed by atoms with Gasteiger partial charge in [-0.1, -0.05) is 19.8 Å². The molecule has 2 nitrogen and oxygen atoms in total. The van der Waals surface area contributed by atoms with Gasteiger partial charge in [0.25, 0.3) is 0 Å². The first kappa shape index (κ1) is 10.4. The summed E-state index contributed by atoms with van der Waals surface area (Å²) in [6.07, 6.45) is 5.07. The molecule has 0 saturated heterocycles. The molecule has 1 aliphatic carbocycles. The van der Waals surface area contributed by atoms with E-state index < -0.39 is 5.41 Å². The summed E-state index contributed by atoms with van der Waals surface area (Å²) in [6.45, 7) is 3.60. The van der Waals surface area contributed by atoms with E-state index in [2.05, 4.69) is 0 Å². The molecule has 0 aromatic heterocycles. The highest BCUT2D eigenvalue weighted by Crippen LogP contribution is 2.38. The second-order valence-electron chi connectivity index (χ2n) is 4.02. The van der Waals surface area contributed by atoms with Crippen molar-refractivity contribution in [1.29, 1.82) is 0 Å². The van der Waals surface area contributed by atoms with Gasteiger partial charge in [-0.05, 0) is 26.2 Å². The number of hydrogen-bond acceptors (Lipinski definition) is 2. The van der Waals surface area contributed by atoms with E-state index in [1.54, 1.807) is 6.92 Å². The Morgan fingerprint density at radius 1 is 1.46 bits per heavy atom. The Kier molecular flexibility index (Phi) is 3.23. The third kappa shape index (κ3) is 1.82. The van der Waals surface area contributed by atoms with Crippen LogP contribution in [0.1, 0.15) is 52.4 Å². The van der Waals surface area contributed by atoms with Gasteiger partial charge in [0, 0.05) is 6.42 Å². The van der Waals surface area contributed by atoms with E-state index >= 15 is 0 Å². The van der Waals surface area contributed by atoms with Gasteiger partial charge in [0.15, 0.2) is 0 Å². The molecule has 0 aliphatic heterocycles. The Labute approximate surface area is 79.7 Å². The zero-order valence-electron chi connectivity index (χ0n) is 8.56. The largest absolute Gasteiger partial charge is 0.299 e. The predicted molar refractivity (Wildman–Crippen MR) is 51.5 cm³/mol. The van der Waals surface area contributed by atoms with Gasteiger partial charge >= 0.3 is 0 Å². The van der Waals surface area contributed by atoms with Crippen LogP contribution < -0.4 is 0 Å². The summed E-state index contributed by atoms with van der Waals surface area (Å²) < 4.78 is 0. The van der Waals surface area contributed by atoms with E-state index in [1.165, 1.54) is 0 Å². The lowest BCUT2D eigenvalue weighted by molar-refractivity contribution is -0.142. The topological polar surface area (TPSA) is 34.1 Å². The normalized spacial score (nSPS) is 28.9. The first-order valence-corrected chi connectivity index (χ1v) is 5.18. The van der Waals surface area contributed by atoms with Crippen LogP contribution in [-0.4, -0.2) is 11.6 Å². The van der Waals surface area contributed by atoms with Gasteiger partial charge in [-0.25, -0.2) is 0 Å². The highest BCUT2D eigenvalue weighted by atomic mass is 16.2. The van der Waals surface area contributed by atoms with Crippen molar-refractivity contribution in [3.8, 4) is 0 Å². The van der Waals surface area contributed by atoms with Gasteiger partial charge in [0.05, 0.1) is 5.41 Å². The molecule has 0 N–H and O–H groups in total.